The Labute approximate surface area is 175 Å². The zero-order chi connectivity index (χ0) is 20.7. The van der Waals surface area contributed by atoms with E-state index >= 15 is 0 Å². The number of aromatic nitrogens is 4. The number of fused-ring (bicyclic) bond motifs is 1. The zero-order valence-electron chi connectivity index (χ0n) is 15.6. The molecule has 2 heterocycles. The van der Waals surface area contributed by atoms with E-state index in [-0.39, 0.29) is 5.52 Å². The Balaban J connectivity index is 1.91. The van der Waals surface area contributed by atoms with Gasteiger partial charge in [-0.15, -0.1) is 0 Å². The van der Waals surface area contributed by atoms with E-state index in [4.69, 9.17) is 16.7 Å². The maximum atomic E-state index is 13.5. The number of rotatable bonds is 3. The average molecular weight is 415 g/mol. The summed E-state index contributed by atoms with van der Waals surface area (Å²) in [4.78, 5) is 29.3. The fourth-order valence-electron chi connectivity index (χ4n) is 3.50. The van der Waals surface area contributed by atoms with Crippen LogP contribution in [-0.4, -0.2) is 19.3 Å². The molecule has 5 aromatic rings. The molecule has 1 N–H and O–H groups in total. The summed E-state index contributed by atoms with van der Waals surface area (Å²) in [5.74, 6) is 0. The highest BCUT2D eigenvalue weighted by atomic mass is 35.5. The summed E-state index contributed by atoms with van der Waals surface area (Å²) in [5, 5.41) is 5.12. The number of para-hydroxylation sites is 1. The van der Waals surface area contributed by atoms with Gasteiger partial charge in [-0.25, -0.2) is 14.0 Å². The van der Waals surface area contributed by atoms with Crippen LogP contribution in [0.25, 0.3) is 33.7 Å². The molecule has 146 valence electrons. The minimum Gasteiger partial charge on any atom is -0.303 e. The second-order valence-corrected chi connectivity index (χ2v) is 7.17. The minimum absolute atomic E-state index is 0.277. The first-order valence-corrected chi connectivity index (χ1v) is 9.66. The van der Waals surface area contributed by atoms with Crippen LogP contribution in [0.5, 0.6) is 0 Å². The summed E-state index contributed by atoms with van der Waals surface area (Å²) in [7, 11) is 0. The molecule has 0 saturated carbocycles. The maximum absolute atomic E-state index is 13.5. The van der Waals surface area contributed by atoms with Crippen molar-refractivity contribution in [2.75, 3.05) is 0 Å². The van der Waals surface area contributed by atoms with Crippen molar-refractivity contribution >= 4 is 22.6 Å². The Bertz CT molecular complexity index is 1490. The van der Waals surface area contributed by atoms with Gasteiger partial charge in [-0.3, -0.25) is 4.79 Å². The van der Waals surface area contributed by atoms with E-state index in [9.17, 15) is 9.59 Å². The van der Waals surface area contributed by atoms with E-state index in [2.05, 4.69) is 4.98 Å². The lowest BCUT2D eigenvalue weighted by Gasteiger charge is -2.07. The van der Waals surface area contributed by atoms with Gasteiger partial charge in [-0.05, 0) is 30.3 Å². The Morgan fingerprint density at radius 2 is 1.47 bits per heavy atom. The van der Waals surface area contributed by atoms with E-state index in [1.807, 2.05) is 60.7 Å². The number of benzene rings is 3. The number of nitrogens with zero attached hydrogens (tertiary/aromatic N) is 3. The summed E-state index contributed by atoms with van der Waals surface area (Å²) in [6.45, 7) is 0. The molecule has 0 aliphatic rings. The van der Waals surface area contributed by atoms with Gasteiger partial charge in [0.15, 0.2) is 5.52 Å². The highest BCUT2D eigenvalue weighted by molar-refractivity contribution is 6.30. The Morgan fingerprint density at radius 1 is 0.800 bits per heavy atom. The van der Waals surface area contributed by atoms with E-state index < -0.39 is 11.2 Å². The van der Waals surface area contributed by atoms with Crippen molar-refractivity contribution in [2.24, 2.45) is 0 Å². The number of aromatic amines is 1. The molecular weight excluding hydrogens is 400 g/mol. The van der Waals surface area contributed by atoms with Gasteiger partial charge < -0.3 is 4.98 Å². The van der Waals surface area contributed by atoms with E-state index in [1.165, 1.54) is 0 Å². The molecule has 7 heteroatoms. The van der Waals surface area contributed by atoms with E-state index in [1.54, 1.807) is 28.9 Å². The second kappa shape index (κ2) is 7.17. The van der Waals surface area contributed by atoms with Crippen LogP contribution in [0.2, 0.25) is 5.02 Å². The van der Waals surface area contributed by atoms with Gasteiger partial charge in [0.1, 0.15) is 11.2 Å². The highest BCUT2D eigenvalue weighted by Gasteiger charge is 2.20. The summed E-state index contributed by atoms with van der Waals surface area (Å²) in [5.41, 5.74) is 2.06. The largest absolute Gasteiger partial charge is 0.333 e. The molecule has 0 bridgehead atoms. The second-order valence-electron chi connectivity index (χ2n) is 6.74. The fraction of sp³-hybridized carbons (Fsp3) is 0. The van der Waals surface area contributed by atoms with Crippen molar-refractivity contribution in [2.45, 2.75) is 0 Å². The average Bonchev–Trinajstić information content (AvgIpc) is 3.15. The van der Waals surface area contributed by atoms with Gasteiger partial charge in [-0.1, -0.05) is 66.2 Å². The lowest BCUT2D eigenvalue weighted by atomic mass is 10.1. The molecule has 0 fully saturated rings. The van der Waals surface area contributed by atoms with Gasteiger partial charge in [0.05, 0.1) is 11.4 Å². The van der Waals surface area contributed by atoms with Gasteiger partial charge in [0.2, 0.25) is 0 Å². The van der Waals surface area contributed by atoms with Crippen molar-refractivity contribution in [3.63, 3.8) is 0 Å². The molecule has 5 rings (SSSR count). The van der Waals surface area contributed by atoms with Gasteiger partial charge in [0.25, 0.3) is 5.56 Å². The number of hydrogen-bond acceptors (Lipinski definition) is 3. The van der Waals surface area contributed by atoms with Crippen LogP contribution in [0.1, 0.15) is 0 Å². The summed E-state index contributed by atoms with van der Waals surface area (Å²) >= 11 is 6.08. The Kier molecular flexibility index (Phi) is 4.34. The normalized spacial score (nSPS) is 11.1. The van der Waals surface area contributed by atoms with Crippen molar-refractivity contribution in [1.29, 1.82) is 0 Å². The number of nitrogens with one attached hydrogen (secondary N) is 1. The van der Waals surface area contributed by atoms with Crippen LogP contribution >= 0.6 is 11.6 Å². The third-order valence-corrected chi connectivity index (χ3v) is 5.08. The van der Waals surface area contributed by atoms with Crippen LogP contribution in [-0.2, 0) is 0 Å². The summed E-state index contributed by atoms with van der Waals surface area (Å²) in [6, 6.07) is 25.4. The van der Waals surface area contributed by atoms with Crippen LogP contribution in [0.3, 0.4) is 0 Å². The Morgan fingerprint density at radius 3 is 2.17 bits per heavy atom. The standard InChI is InChI=1S/C23H15ClN4O2/c24-16-10-7-13-18(14-16)27-22(29)21-20(25-23(27)30)19(15-8-3-1-4-9-15)26-28(21)17-11-5-2-6-12-17/h1-14H,(H,25,30). The summed E-state index contributed by atoms with van der Waals surface area (Å²) in [6.07, 6.45) is 0. The van der Waals surface area contributed by atoms with Gasteiger partial charge in [-0.2, -0.15) is 5.10 Å². The third-order valence-electron chi connectivity index (χ3n) is 4.84. The van der Waals surface area contributed by atoms with Crippen LogP contribution in [0.15, 0.2) is 94.5 Å². The van der Waals surface area contributed by atoms with Crippen molar-refractivity contribution in [1.82, 2.24) is 19.3 Å². The number of H-pyrrole nitrogens is 1. The molecule has 0 spiro atoms. The number of halogens is 1. The molecule has 0 atom stereocenters. The van der Waals surface area contributed by atoms with Gasteiger partial charge in [0, 0.05) is 10.6 Å². The van der Waals surface area contributed by atoms with Crippen LogP contribution in [0, 0.1) is 0 Å². The van der Waals surface area contributed by atoms with Crippen molar-refractivity contribution < 1.29 is 0 Å². The fourth-order valence-corrected chi connectivity index (χ4v) is 3.68. The van der Waals surface area contributed by atoms with Crippen molar-refractivity contribution in [3.8, 4) is 22.6 Å². The topological polar surface area (TPSA) is 72.7 Å². The molecule has 0 unspecified atom stereocenters. The molecule has 0 amide bonds. The SMILES string of the molecule is O=c1[nH]c2c(-c3ccccc3)nn(-c3ccccc3)c2c(=O)n1-c1cccc(Cl)c1. The monoisotopic (exact) mass is 414 g/mol. The predicted molar refractivity (Wildman–Crippen MR) is 118 cm³/mol. The molecule has 0 aliphatic carbocycles. The molecular formula is C23H15ClN4O2. The molecule has 2 aromatic heterocycles. The Hall–Kier alpha value is -3.90. The zero-order valence-corrected chi connectivity index (χ0v) is 16.4. The van der Waals surface area contributed by atoms with Crippen LogP contribution < -0.4 is 11.2 Å². The van der Waals surface area contributed by atoms with E-state index in [0.29, 0.717) is 27.6 Å². The first-order valence-electron chi connectivity index (χ1n) is 9.28. The molecule has 3 aromatic carbocycles. The van der Waals surface area contributed by atoms with Crippen molar-refractivity contribution in [3.05, 3.63) is 111 Å². The third kappa shape index (κ3) is 2.94. The molecule has 0 aliphatic heterocycles. The smallest absolute Gasteiger partial charge is 0.303 e. The predicted octanol–water partition coefficient (Wildman–Crippen LogP) is 4.19. The number of hydrogen-bond donors (Lipinski definition) is 1. The lowest BCUT2D eigenvalue weighted by molar-refractivity contribution is 0.867. The summed E-state index contributed by atoms with van der Waals surface area (Å²) < 4.78 is 2.64. The van der Waals surface area contributed by atoms with Gasteiger partial charge >= 0.3 is 5.69 Å². The van der Waals surface area contributed by atoms with E-state index in [0.717, 1.165) is 10.1 Å². The molecule has 0 saturated heterocycles. The maximum Gasteiger partial charge on any atom is 0.333 e. The first-order chi connectivity index (χ1) is 14.6. The lowest BCUT2D eigenvalue weighted by Crippen LogP contribution is -2.34. The molecule has 30 heavy (non-hydrogen) atoms. The van der Waals surface area contributed by atoms with Crippen LogP contribution in [0.4, 0.5) is 0 Å². The molecule has 0 radical (unpaired) electrons. The first kappa shape index (κ1) is 18.1. The minimum atomic E-state index is -0.556. The highest BCUT2D eigenvalue weighted by Crippen LogP contribution is 2.26. The molecule has 6 nitrogen and oxygen atoms in total. The quantitative estimate of drug-likeness (QED) is 0.481.